The highest BCUT2D eigenvalue weighted by atomic mass is 32.1. The summed E-state index contributed by atoms with van der Waals surface area (Å²) in [7, 11) is 0. The molecule has 1 aromatic carbocycles. The monoisotopic (exact) mass is 357 g/mol. The van der Waals surface area contributed by atoms with Gasteiger partial charge in [-0.2, -0.15) is 0 Å². The van der Waals surface area contributed by atoms with Gasteiger partial charge in [0.2, 0.25) is 5.91 Å². The number of piperazine rings is 1. The number of rotatable bonds is 6. The Morgan fingerprint density at radius 2 is 1.84 bits per heavy atom. The van der Waals surface area contributed by atoms with Gasteiger partial charge < -0.3 is 5.32 Å². The van der Waals surface area contributed by atoms with Crippen LogP contribution < -0.4 is 5.32 Å². The molecule has 1 atom stereocenters. The highest BCUT2D eigenvalue weighted by molar-refractivity contribution is 7.09. The minimum absolute atomic E-state index is 0.0498. The molecule has 1 aromatic heterocycles. The van der Waals surface area contributed by atoms with Gasteiger partial charge in [-0.15, -0.1) is 11.3 Å². The second kappa shape index (κ2) is 8.61. The predicted molar refractivity (Wildman–Crippen MR) is 104 cm³/mol. The van der Waals surface area contributed by atoms with E-state index >= 15 is 0 Å². The maximum Gasteiger partial charge on any atom is 0.234 e. The zero-order valence-corrected chi connectivity index (χ0v) is 15.9. The van der Waals surface area contributed by atoms with Gasteiger partial charge in [-0.25, -0.2) is 0 Å². The lowest BCUT2D eigenvalue weighted by atomic mass is 10.0. The molecule has 5 heteroatoms. The Morgan fingerprint density at radius 3 is 2.52 bits per heavy atom. The van der Waals surface area contributed by atoms with Gasteiger partial charge in [0.25, 0.3) is 0 Å². The van der Waals surface area contributed by atoms with Crippen molar-refractivity contribution < 1.29 is 4.79 Å². The highest BCUT2D eigenvalue weighted by Crippen LogP contribution is 2.17. The number of hydrogen-bond donors (Lipinski definition) is 1. The standard InChI is InChI=1S/C20H27N3OS/c1-16-6-3-4-8-19(16)17(2)21-20(24)15-23-11-9-22(10-12-23)14-18-7-5-13-25-18/h3-8,13,17H,9-12,14-15H2,1-2H3,(H,21,24)/t17-/m1/s1. The van der Waals surface area contributed by atoms with Crippen LogP contribution in [-0.4, -0.2) is 48.4 Å². The van der Waals surface area contributed by atoms with Crippen molar-refractivity contribution in [2.75, 3.05) is 32.7 Å². The molecule has 1 N–H and O–H groups in total. The Balaban J connectivity index is 1.42. The Labute approximate surface area is 154 Å². The first kappa shape index (κ1) is 18.1. The molecular weight excluding hydrogens is 330 g/mol. The molecule has 25 heavy (non-hydrogen) atoms. The number of carbonyl (C=O) groups excluding carboxylic acids is 1. The van der Waals surface area contributed by atoms with Gasteiger partial charge in [0, 0.05) is 37.6 Å². The topological polar surface area (TPSA) is 35.6 Å². The first-order chi connectivity index (χ1) is 12.1. The number of carbonyl (C=O) groups is 1. The maximum absolute atomic E-state index is 12.4. The largest absolute Gasteiger partial charge is 0.348 e. The van der Waals surface area contributed by atoms with Crippen molar-refractivity contribution in [3.05, 3.63) is 57.8 Å². The molecule has 0 spiro atoms. The minimum Gasteiger partial charge on any atom is -0.348 e. The SMILES string of the molecule is Cc1ccccc1[C@@H](C)NC(=O)CN1CCN(Cc2cccs2)CC1. The summed E-state index contributed by atoms with van der Waals surface area (Å²) in [6.45, 7) is 9.63. The van der Waals surface area contributed by atoms with Crippen LogP contribution >= 0.6 is 11.3 Å². The molecule has 4 nitrogen and oxygen atoms in total. The summed E-state index contributed by atoms with van der Waals surface area (Å²) in [5.41, 5.74) is 2.41. The first-order valence-corrected chi connectivity index (χ1v) is 9.82. The minimum atomic E-state index is 0.0498. The number of nitrogens with one attached hydrogen (secondary N) is 1. The molecule has 0 saturated carbocycles. The van der Waals surface area contributed by atoms with Gasteiger partial charge in [0.1, 0.15) is 0 Å². The molecule has 0 bridgehead atoms. The Bertz CT molecular complexity index is 678. The fourth-order valence-corrected chi connectivity index (χ4v) is 4.12. The van der Waals surface area contributed by atoms with E-state index in [0.717, 1.165) is 32.7 Å². The van der Waals surface area contributed by atoms with Crippen LogP contribution in [0.3, 0.4) is 0 Å². The van der Waals surface area contributed by atoms with Gasteiger partial charge in [-0.05, 0) is 36.4 Å². The molecular formula is C20H27N3OS. The Hall–Kier alpha value is -1.69. The normalized spacial score (nSPS) is 17.4. The Morgan fingerprint density at radius 1 is 1.12 bits per heavy atom. The van der Waals surface area contributed by atoms with Crippen LogP contribution in [0, 0.1) is 6.92 Å². The van der Waals surface area contributed by atoms with Crippen LogP contribution in [-0.2, 0) is 11.3 Å². The summed E-state index contributed by atoms with van der Waals surface area (Å²) in [4.78, 5) is 18.5. The van der Waals surface area contributed by atoms with Crippen LogP contribution in [0.5, 0.6) is 0 Å². The van der Waals surface area contributed by atoms with Crippen molar-refractivity contribution in [1.29, 1.82) is 0 Å². The summed E-state index contributed by atoms with van der Waals surface area (Å²) < 4.78 is 0. The smallest absolute Gasteiger partial charge is 0.234 e. The summed E-state index contributed by atoms with van der Waals surface area (Å²) >= 11 is 1.81. The van der Waals surface area contributed by atoms with Gasteiger partial charge >= 0.3 is 0 Å². The molecule has 1 aliphatic rings. The van der Waals surface area contributed by atoms with E-state index < -0.39 is 0 Å². The van der Waals surface area contributed by atoms with Crippen molar-refractivity contribution in [3.8, 4) is 0 Å². The van der Waals surface area contributed by atoms with Crippen molar-refractivity contribution in [3.63, 3.8) is 0 Å². The van der Waals surface area contributed by atoms with E-state index in [9.17, 15) is 4.79 Å². The lowest BCUT2D eigenvalue weighted by molar-refractivity contribution is -0.123. The van der Waals surface area contributed by atoms with Crippen molar-refractivity contribution in [1.82, 2.24) is 15.1 Å². The van der Waals surface area contributed by atoms with E-state index in [2.05, 4.69) is 58.6 Å². The number of nitrogens with zero attached hydrogens (tertiary/aromatic N) is 2. The Kier molecular flexibility index (Phi) is 6.24. The average Bonchev–Trinajstić information content (AvgIpc) is 3.10. The molecule has 2 heterocycles. The van der Waals surface area contributed by atoms with Gasteiger partial charge in [-0.3, -0.25) is 14.6 Å². The third-order valence-electron chi connectivity index (χ3n) is 4.82. The van der Waals surface area contributed by atoms with E-state index in [-0.39, 0.29) is 11.9 Å². The van der Waals surface area contributed by atoms with Crippen LogP contribution in [0.25, 0.3) is 0 Å². The molecule has 0 unspecified atom stereocenters. The number of aryl methyl sites for hydroxylation is 1. The zero-order valence-electron chi connectivity index (χ0n) is 15.1. The molecule has 1 saturated heterocycles. The average molecular weight is 358 g/mol. The van der Waals surface area contributed by atoms with Crippen molar-refractivity contribution in [2.45, 2.75) is 26.4 Å². The molecule has 1 amide bonds. The van der Waals surface area contributed by atoms with Crippen LogP contribution in [0.15, 0.2) is 41.8 Å². The number of hydrogen-bond acceptors (Lipinski definition) is 4. The van der Waals surface area contributed by atoms with Crippen LogP contribution in [0.2, 0.25) is 0 Å². The van der Waals surface area contributed by atoms with Gasteiger partial charge in [0.05, 0.1) is 12.6 Å². The molecule has 3 rings (SSSR count). The van der Waals surface area contributed by atoms with E-state index in [1.54, 1.807) is 0 Å². The zero-order chi connectivity index (χ0) is 17.6. The lowest BCUT2D eigenvalue weighted by Crippen LogP contribution is -2.49. The van der Waals surface area contributed by atoms with Crippen molar-refractivity contribution >= 4 is 17.2 Å². The van der Waals surface area contributed by atoms with E-state index in [0.29, 0.717) is 6.54 Å². The summed E-state index contributed by atoms with van der Waals surface area (Å²) in [5, 5.41) is 5.27. The second-order valence-electron chi connectivity index (χ2n) is 6.78. The van der Waals surface area contributed by atoms with Gasteiger partial charge in [0.15, 0.2) is 0 Å². The molecule has 1 fully saturated rings. The van der Waals surface area contributed by atoms with Crippen LogP contribution in [0.1, 0.15) is 29.0 Å². The molecule has 2 aromatic rings. The first-order valence-electron chi connectivity index (χ1n) is 8.94. The molecule has 1 aliphatic heterocycles. The van der Waals surface area contributed by atoms with Crippen molar-refractivity contribution in [2.24, 2.45) is 0 Å². The van der Waals surface area contributed by atoms with E-state index in [4.69, 9.17) is 0 Å². The highest BCUT2D eigenvalue weighted by Gasteiger charge is 2.20. The third-order valence-corrected chi connectivity index (χ3v) is 5.69. The molecule has 134 valence electrons. The van der Waals surface area contributed by atoms with Crippen LogP contribution in [0.4, 0.5) is 0 Å². The maximum atomic E-state index is 12.4. The fraction of sp³-hybridized carbons (Fsp3) is 0.450. The van der Waals surface area contributed by atoms with Gasteiger partial charge in [-0.1, -0.05) is 30.3 Å². The summed E-state index contributed by atoms with van der Waals surface area (Å²) in [6.07, 6.45) is 0. The number of benzene rings is 1. The summed E-state index contributed by atoms with van der Waals surface area (Å²) in [5.74, 6) is 0.113. The fourth-order valence-electron chi connectivity index (χ4n) is 3.37. The van der Waals surface area contributed by atoms with E-state index in [1.807, 2.05) is 23.5 Å². The lowest BCUT2D eigenvalue weighted by Gasteiger charge is -2.34. The second-order valence-corrected chi connectivity index (χ2v) is 7.81. The third kappa shape index (κ3) is 5.14. The number of amides is 1. The molecule has 0 radical (unpaired) electrons. The predicted octanol–water partition coefficient (Wildman–Crippen LogP) is 3.05. The quantitative estimate of drug-likeness (QED) is 0.863. The van der Waals surface area contributed by atoms with E-state index in [1.165, 1.54) is 16.0 Å². The number of thiophene rings is 1. The molecule has 0 aliphatic carbocycles. The summed E-state index contributed by atoms with van der Waals surface area (Å²) in [6, 6.07) is 12.6.